The third-order valence-electron chi connectivity index (χ3n) is 2.22. The fourth-order valence-corrected chi connectivity index (χ4v) is 2.45. The van der Waals surface area contributed by atoms with Gasteiger partial charge >= 0.3 is 0 Å². The maximum atomic E-state index is 5.57. The molecule has 0 N–H and O–H groups in total. The second-order valence-corrected chi connectivity index (χ2v) is 4.53. The Bertz CT molecular complexity index is 165. The molecule has 1 nitrogen and oxygen atoms in total. The first kappa shape index (κ1) is 8.98. The Morgan fingerprint density at radius 1 is 1.73 bits per heavy atom. The molecule has 1 aliphatic rings. The lowest BCUT2D eigenvalue weighted by atomic mass is 10.1. The van der Waals surface area contributed by atoms with Crippen molar-refractivity contribution in [3.05, 3.63) is 11.8 Å². The van der Waals surface area contributed by atoms with Crippen LogP contribution in [-0.4, -0.2) is 17.1 Å². The second kappa shape index (κ2) is 3.53. The van der Waals surface area contributed by atoms with Crippen molar-refractivity contribution in [2.45, 2.75) is 31.9 Å². The van der Waals surface area contributed by atoms with E-state index in [1.807, 2.05) is 11.8 Å². The first-order valence-electron chi connectivity index (χ1n) is 4.16. The van der Waals surface area contributed by atoms with Gasteiger partial charge in [-0.15, -0.1) is 11.8 Å². The van der Waals surface area contributed by atoms with E-state index < -0.39 is 0 Å². The SMILES string of the molecule is C/C=C1/OCCSC1(C)CC. The number of rotatable bonds is 1. The van der Waals surface area contributed by atoms with E-state index in [0.29, 0.717) is 0 Å². The highest BCUT2D eigenvalue weighted by Gasteiger charge is 2.31. The summed E-state index contributed by atoms with van der Waals surface area (Å²) in [6, 6.07) is 0. The number of hydrogen-bond donors (Lipinski definition) is 0. The van der Waals surface area contributed by atoms with Crippen molar-refractivity contribution in [1.29, 1.82) is 0 Å². The van der Waals surface area contributed by atoms with Crippen LogP contribution in [0.4, 0.5) is 0 Å². The van der Waals surface area contributed by atoms with Crippen LogP contribution in [0.1, 0.15) is 27.2 Å². The fraction of sp³-hybridized carbons (Fsp3) is 0.778. The van der Waals surface area contributed by atoms with E-state index in [1.165, 1.54) is 0 Å². The van der Waals surface area contributed by atoms with Gasteiger partial charge < -0.3 is 4.74 Å². The Balaban J connectivity index is 2.74. The average molecular weight is 172 g/mol. The Morgan fingerprint density at radius 3 is 2.91 bits per heavy atom. The monoisotopic (exact) mass is 172 g/mol. The minimum atomic E-state index is 0.243. The topological polar surface area (TPSA) is 9.23 Å². The lowest BCUT2D eigenvalue weighted by Crippen LogP contribution is -2.29. The van der Waals surface area contributed by atoms with E-state index in [4.69, 9.17) is 4.74 Å². The van der Waals surface area contributed by atoms with Crippen molar-refractivity contribution in [3.63, 3.8) is 0 Å². The van der Waals surface area contributed by atoms with E-state index in [9.17, 15) is 0 Å². The molecule has 1 fully saturated rings. The van der Waals surface area contributed by atoms with Crippen molar-refractivity contribution in [1.82, 2.24) is 0 Å². The van der Waals surface area contributed by atoms with Crippen LogP contribution in [0.3, 0.4) is 0 Å². The second-order valence-electron chi connectivity index (χ2n) is 2.93. The van der Waals surface area contributed by atoms with Crippen LogP contribution < -0.4 is 0 Å². The van der Waals surface area contributed by atoms with Gasteiger partial charge in [-0.25, -0.2) is 0 Å². The Kier molecular flexibility index (Phi) is 2.88. The highest BCUT2D eigenvalue weighted by Crippen LogP contribution is 2.39. The maximum Gasteiger partial charge on any atom is 0.107 e. The Hall–Kier alpha value is -0.110. The summed E-state index contributed by atoms with van der Waals surface area (Å²) in [6.45, 7) is 7.40. The van der Waals surface area contributed by atoms with Gasteiger partial charge in [-0.05, 0) is 26.3 Å². The van der Waals surface area contributed by atoms with Gasteiger partial charge in [0, 0.05) is 5.75 Å². The molecule has 0 aromatic rings. The largest absolute Gasteiger partial charge is 0.496 e. The molecule has 1 saturated heterocycles. The number of thioether (sulfide) groups is 1. The quantitative estimate of drug-likeness (QED) is 0.601. The average Bonchev–Trinajstić information content (AvgIpc) is 2.05. The Labute approximate surface area is 73.2 Å². The van der Waals surface area contributed by atoms with E-state index in [2.05, 4.69) is 26.8 Å². The minimum absolute atomic E-state index is 0.243. The molecular weight excluding hydrogens is 156 g/mol. The molecule has 1 heterocycles. The highest BCUT2D eigenvalue weighted by molar-refractivity contribution is 8.00. The van der Waals surface area contributed by atoms with Gasteiger partial charge in [0.15, 0.2) is 0 Å². The van der Waals surface area contributed by atoms with Gasteiger partial charge in [0.25, 0.3) is 0 Å². The molecule has 0 spiro atoms. The summed E-state index contributed by atoms with van der Waals surface area (Å²) in [5.41, 5.74) is 0. The Morgan fingerprint density at radius 2 is 2.45 bits per heavy atom. The predicted octanol–water partition coefficient (Wildman–Crippen LogP) is 2.82. The highest BCUT2D eigenvalue weighted by atomic mass is 32.2. The van der Waals surface area contributed by atoms with Gasteiger partial charge in [-0.3, -0.25) is 0 Å². The summed E-state index contributed by atoms with van der Waals surface area (Å²) in [5, 5.41) is 0. The van der Waals surface area contributed by atoms with Crippen molar-refractivity contribution in [2.75, 3.05) is 12.4 Å². The van der Waals surface area contributed by atoms with Crippen molar-refractivity contribution in [3.8, 4) is 0 Å². The van der Waals surface area contributed by atoms with Gasteiger partial charge in [0.1, 0.15) is 5.76 Å². The summed E-state index contributed by atoms with van der Waals surface area (Å²) in [7, 11) is 0. The molecule has 11 heavy (non-hydrogen) atoms. The maximum absolute atomic E-state index is 5.57. The smallest absolute Gasteiger partial charge is 0.107 e. The number of allylic oxidation sites excluding steroid dienone is 1. The molecule has 0 bridgehead atoms. The van der Waals surface area contributed by atoms with Crippen LogP contribution in [0.25, 0.3) is 0 Å². The third-order valence-corrected chi connectivity index (χ3v) is 3.72. The molecule has 1 atom stereocenters. The molecular formula is C9H16OS. The van der Waals surface area contributed by atoms with Crippen molar-refractivity contribution >= 4 is 11.8 Å². The van der Waals surface area contributed by atoms with Crippen LogP contribution in [0.2, 0.25) is 0 Å². The molecule has 1 unspecified atom stereocenters. The third kappa shape index (κ3) is 1.73. The van der Waals surface area contributed by atoms with E-state index in [-0.39, 0.29) is 4.75 Å². The first-order chi connectivity index (χ1) is 5.23. The normalized spacial score (nSPS) is 35.4. The molecule has 0 radical (unpaired) electrons. The van der Waals surface area contributed by atoms with Crippen molar-refractivity contribution < 1.29 is 4.74 Å². The molecule has 0 aromatic heterocycles. The lowest BCUT2D eigenvalue weighted by Gasteiger charge is -2.34. The van der Waals surface area contributed by atoms with E-state index in [0.717, 1.165) is 24.5 Å². The van der Waals surface area contributed by atoms with Gasteiger partial charge in [-0.2, -0.15) is 0 Å². The van der Waals surface area contributed by atoms with Gasteiger partial charge in [-0.1, -0.05) is 6.92 Å². The number of ether oxygens (including phenoxy) is 1. The molecule has 1 aliphatic heterocycles. The molecule has 0 amide bonds. The zero-order valence-corrected chi connectivity index (χ0v) is 8.33. The molecule has 64 valence electrons. The molecule has 2 heteroatoms. The lowest BCUT2D eigenvalue weighted by molar-refractivity contribution is 0.195. The summed E-state index contributed by atoms with van der Waals surface area (Å²) < 4.78 is 5.82. The van der Waals surface area contributed by atoms with Crippen LogP contribution in [0.5, 0.6) is 0 Å². The predicted molar refractivity (Wildman–Crippen MR) is 50.9 cm³/mol. The summed E-state index contributed by atoms with van der Waals surface area (Å²) in [6.07, 6.45) is 3.24. The number of hydrogen-bond acceptors (Lipinski definition) is 2. The zero-order valence-electron chi connectivity index (χ0n) is 7.52. The molecule has 0 aliphatic carbocycles. The van der Waals surface area contributed by atoms with Crippen molar-refractivity contribution in [2.24, 2.45) is 0 Å². The summed E-state index contributed by atoms with van der Waals surface area (Å²) >= 11 is 2.00. The summed E-state index contributed by atoms with van der Waals surface area (Å²) in [4.78, 5) is 0. The zero-order chi connectivity index (χ0) is 8.32. The standard InChI is InChI=1S/C9H16OS/c1-4-8-9(3,5-2)11-7-6-10-8/h4H,5-7H2,1-3H3/b8-4+. The van der Waals surface area contributed by atoms with E-state index in [1.54, 1.807) is 0 Å². The molecule has 0 aromatic carbocycles. The summed E-state index contributed by atoms with van der Waals surface area (Å²) in [5.74, 6) is 2.29. The van der Waals surface area contributed by atoms with Crippen LogP contribution >= 0.6 is 11.8 Å². The van der Waals surface area contributed by atoms with Crippen LogP contribution in [-0.2, 0) is 4.74 Å². The molecule has 1 rings (SSSR count). The van der Waals surface area contributed by atoms with Crippen LogP contribution in [0.15, 0.2) is 11.8 Å². The fourth-order valence-electron chi connectivity index (χ4n) is 1.31. The first-order valence-corrected chi connectivity index (χ1v) is 5.15. The molecule has 0 saturated carbocycles. The minimum Gasteiger partial charge on any atom is -0.496 e. The van der Waals surface area contributed by atoms with Gasteiger partial charge in [0.05, 0.1) is 11.4 Å². The van der Waals surface area contributed by atoms with E-state index >= 15 is 0 Å². The van der Waals surface area contributed by atoms with Crippen LogP contribution in [0, 0.1) is 0 Å². The van der Waals surface area contributed by atoms with Gasteiger partial charge in [0.2, 0.25) is 0 Å².